The van der Waals surface area contributed by atoms with E-state index >= 15 is 0 Å². The summed E-state index contributed by atoms with van der Waals surface area (Å²) < 4.78 is 25.7. The minimum atomic E-state index is -3.41. The molecule has 6 nitrogen and oxygen atoms in total. The van der Waals surface area contributed by atoms with Crippen LogP contribution in [0, 0.1) is 0 Å². The van der Waals surface area contributed by atoms with Crippen molar-refractivity contribution in [3.63, 3.8) is 0 Å². The summed E-state index contributed by atoms with van der Waals surface area (Å²) in [6.07, 6.45) is 0.789. The van der Waals surface area contributed by atoms with Gasteiger partial charge < -0.3 is 10.6 Å². The molecule has 26 heavy (non-hydrogen) atoms. The number of aliphatic imine (C=N–C) groups is 1. The predicted octanol–water partition coefficient (Wildman–Crippen LogP) is 2.16. The Morgan fingerprint density at radius 3 is 2.38 bits per heavy atom. The molecule has 0 saturated carbocycles. The van der Waals surface area contributed by atoms with E-state index in [1.165, 1.54) is 7.05 Å². The molecule has 0 heterocycles. The summed E-state index contributed by atoms with van der Waals surface area (Å²) in [6, 6.07) is 14.5. The molecule has 140 valence electrons. The summed E-state index contributed by atoms with van der Waals surface area (Å²) in [4.78, 5) is 4.42. The topological polar surface area (TPSA) is 82.6 Å². The standard InChI is InChI=1S/C18H23ClN4O2S/c1-20-18(22-12-11-15-5-3-4-6-17(15)19)23-13-14-7-9-16(10-8-14)26(24,25)21-2/h3-10,21H,11-13H2,1-2H3,(H2,20,22,23). The van der Waals surface area contributed by atoms with E-state index in [1.54, 1.807) is 31.3 Å². The fraction of sp³-hybridized carbons (Fsp3) is 0.278. The van der Waals surface area contributed by atoms with Crippen LogP contribution in [0.5, 0.6) is 0 Å². The van der Waals surface area contributed by atoms with Crippen molar-refractivity contribution in [3.8, 4) is 0 Å². The maximum absolute atomic E-state index is 11.7. The van der Waals surface area contributed by atoms with Gasteiger partial charge in [0.1, 0.15) is 0 Å². The molecule has 2 aromatic rings. The van der Waals surface area contributed by atoms with Crippen LogP contribution in [-0.2, 0) is 23.0 Å². The number of nitrogens with one attached hydrogen (secondary N) is 3. The molecule has 0 radical (unpaired) electrons. The second-order valence-electron chi connectivity index (χ2n) is 5.55. The molecule has 0 fully saturated rings. The Labute approximate surface area is 159 Å². The van der Waals surface area contributed by atoms with Crippen LogP contribution in [0.15, 0.2) is 58.4 Å². The van der Waals surface area contributed by atoms with Crippen LogP contribution in [0.4, 0.5) is 0 Å². The van der Waals surface area contributed by atoms with Gasteiger partial charge in [-0.1, -0.05) is 41.9 Å². The fourth-order valence-electron chi connectivity index (χ4n) is 2.33. The van der Waals surface area contributed by atoms with Gasteiger partial charge in [0.25, 0.3) is 0 Å². The zero-order valence-corrected chi connectivity index (χ0v) is 16.4. The highest BCUT2D eigenvalue weighted by Crippen LogP contribution is 2.14. The largest absolute Gasteiger partial charge is 0.356 e. The van der Waals surface area contributed by atoms with Crippen LogP contribution in [-0.4, -0.2) is 35.0 Å². The van der Waals surface area contributed by atoms with E-state index in [0.717, 1.165) is 22.6 Å². The van der Waals surface area contributed by atoms with E-state index in [4.69, 9.17) is 11.6 Å². The quantitative estimate of drug-likeness (QED) is 0.496. The zero-order chi connectivity index (χ0) is 19.0. The normalized spacial score (nSPS) is 12.0. The van der Waals surface area contributed by atoms with Gasteiger partial charge in [0.2, 0.25) is 10.0 Å². The first-order chi connectivity index (χ1) is 12.5. The number of nitrogens with zero attached hydrogens (tertiary/aromatic N) is 1. The molecule has 2 rings (SSSR count). The van der Waals surface area contributed by atoms with Crippen molar-refractivity contribution in [2.24, 2.45) is 4.99 Å². The number of halogens is 1. The lowest BCUT2D eigenvalue weighted by Gasteiger charge is -2.12. The Bertz CT molecular complexity index is 852. The van der Waals surface area contributed by atoms with Crippen LogP contribution in [0.2, 0.25) is 5.02 Å². The second-order valence-corrected chi connectivity index (χ2v) is 7.84. The third-order valence-corrected chi connectivity index (χ3v) is 5.63. The van der Waals surface area contributed by atoms with Crippen LogP contribution >= 0.6 is 11.6 Å². The van der Waals surface area contributed by atoms with Gasteiger partial charge in [-0.15, -0.1) is 0 Å². The number of hydrogen-bond acceptors (Lipinski definition) is 3. The van der Waals surface area contributed by atoms with Gasteiger partial charge >= 0.3 is 0 Å². The van der Waals surface area contributed by atoms with Gasteiger partial charge in [0.05, 0.1) is 4.90 Å². The molecule has 0 aliphatic rings. The third kappa shape index (κ3) is 5.72. The highest BCUT2D eigenvalue weighted by molar-refractivity contribution is 7.89. The highest BCUT2D eigenvalue weighted by Gasteiger charge is 2.10. The Kier molecular flexibility index (Phi) is 7.44. The molecule has 8 heteroatoms. The lowest BCUT2D eigenvalue weighted by molar-refractivity contribution is 0.588. The molecule has 0 unspecified atom stereocenters. The van der Waals surface area contributed by atoms with Crippen molar-refractivity contribution in [2.45, 2.75) is 17.9 Å². The summed E-state index contributed by atoms with van der Waals surface area (Å²) in [7, 11) is -0.316. The summed E-state index contributed by atoms with van der Waals surface area (Å²) in [5, 5.41) is 7.19. The van der Waals surface area contributed by atoms with E-state index in [9.17, 15) is 8.42 Å². The Morgan fingerprint density at radius 1 is 1.08 bits per heavy atom. The number of benzene rings is 2. The molecule has 0 atom stereocenters. The average molecular weight is 395 g/mol. The van der Waals surface area contributed by atoms with Crippen molar-refractivity contribution in [2.75, 3.05) is 20.6 Å². The Hall–Kier alpha value is -2.09. The molecular weight excluding hydrogens is 372 g/mol. The molecule has 0 aliphatic heterocycles. The molecular formula is C18H23ClN4O2S. The maximum atomic E-state index is 11.7. The Balaban J connectivity index is 1.84. The number of hydrogen-bond donors (Lipinski definition) is 3. The molecule has 0 spiro atoms. The van der Waals surface area contributed by atoms with Gasteiger partial charge in [-0.3, -0.25) is 4.99 Å². The summed E-state index contributed by atoms with van der Waals surface area (Å²) in [6.45, 7) is 1.23. The SMILES string of the molecule is CN=C(NCCc1ccccc1Cl)NCc1ccc(S(=O)(=O)NC)cc1. The summed E-state index contributed by atoms with van der Waals surface area (Å²) in [5.74, 6) is 0.670. The number of sulfonamides is 1. The average Bonchev–Trinajstić information content (AvgIpc) is 2.66. The van der Waals surface area contributed by atoms with Crippen LogP contribution in [0.3, 0.4) is 0 Å². The van der Waals surface area contributed by atoms with Gasteiger partial charge in [0.15, 0.2) is 5.96 Å². The lowest BCUT2D eigenvalue weighted by atomic mass is 10.1. The third-order valence-electron chi connectivity index (χ3n) is 3.83. The maximum Gasteiger partial charge on any atom is 0.240 e. The van der Waals surface area contributed by atoms with Crippen molar-refractivity contribution in [1.29, 1.82) is 0 Å². The highest BCUT2D eigenvalue weighted by atomic mass is 35.5. The summed E-state index contributed by atoms with van der Waals surface area (Å²) >= 11 is 6.15. The molecule has 2 aromatic carbocycles. The van der Waals surface area contributed by atoms with Gasteiger partial charge in [-0.2, -0.15) is 0 Å². The minimum absolute atomic E-state index is 0.242. The van der Waals surface area contributed by atoms with E-state index in [1.807, 2.05) is 24.3 Å². The molecule has 0 aromatic heterocycles. The van der Waals surface area contributed by atoms with Gasteiger partial charge in [-0.05, 0) is 42.8 Å². The van der Waals surface area contributed by atoms with E-state index in [2.05, 4.69) is 20.3 Å². The van der Waals surface area contributed by atoms with Crippen LogP contribution in [0.1, 0.15) is 11.1 Å². The molecule has 0 saturated heterocycles. The van der Waals surface area contributed by atoms with Crippen molar-refractivity contribution in [3.05, 3.63) is 64.7 Å². The van der Waals surface area contributed by atoms with Crippen molar-refractivity contribution in [1.82, 2.24) is 15.4 Å². The van der Waals surface area contributed by atoms with Gasteiger partial charge in [0, 0.05) is 25.2 Å². The van der Waals surface area contributed by atoms with E-state index in [-0.39, 0.29) is 4.90 Å². The van der Waals surface area contributed by atoms with Crippen LogP contribution < -0.4 is 15.4 Å². The molecule has 3 N–H and O–H groups in total. The first kappa shape index (κ1) is 20.2. The van der Waals surface area contributed by atoms with E-state index < -0.39 is 10.0 Å². The first-order valence-corrected chi connectivity index (χ1v) is 10.0. The number of rotatable bonds is 7. The zero-order valence-electron chi connectivity index (χ0n) is 14.8. The van der Waals surface area contributed by atoms with Crippen molar-refractivity contribution >= 4 is 27.6 Å². The van der Waals surface area contributed by atoms with Crippen LogP contribution in [0.25, 0.3) is 0 Å². The van der Waals surface area contributed by atoms with Crippen molar-refractivity contribution < 1.29 is 8.42 Å². The minimum Gasteiger partial charge on any atom is -0.356 e. The number of guanidine groups is 1. The molecule has 0 amide bonds. The first-order valence-electron chi connectivity index (χ1n) is 8.16. The lowest BCUT2D eigenvalue weighted by Crippen LogP contribution is -2.37. The smallest absolute Gasteiger partial charge is 0.240 e. The Morgan fingerprint density at radius 2 is 1.77 bits per heavy atom. The summed E-state index contributed by atoms with van der Waals surface area (Å²) in [5.41, 5.74) is 2.03. The second kappa shape index (κ2) is 9.56. The molecule has 0 bridgehead atoms. The monoisotopic (exact) mass is 394 g/mol. The van der Waals surface area contributed by atoms with Gasteiger partial charge in [-0.25, -0.2) is 13.1 Å². The fourth-order valence-corrected chi connectivity index (χ4v) is 3.29. The van der Waals surface area contributed by atoms with E-state index in [0.29, 0.717) is 19.0 Å². The predicted molar refractivity (Wildman–Crippen MR) is 106 cm³/mol. The molecule has 0 aliphatic carbocycles.